The summed E-state index contributed by atoms with van der Waals surface area (Å²) < 4.78 is 0. The van der Waals surface area contributed by atoms with Crippen LogP contribution in [0.4, 0.5) is 5.69 Å². The summed E-state index contributed by atoms with van der Waals surface area (Å²) in [5.74, 6) is -0.121. The molecular weight excluding hydrogens is 470 g/mol. The number of nitrogens with one attached hydrogen (secondary N) is 2. The molecule has 1 heterocycles. The van der Waals surface area contributed by atoms with E-state index in [-0.39, 0.29) is 5.91 Å². The Labute approximate surface area is 220 Å². The van der Waals surface area contributed by atoms with Gasteiger partial charge in [-0.05, 0) is 76.9 Å². The number of H-pyrrole nitrogens is 1. The van der Waals surface area contributed by atoms with Gasteiger partial charge in [-0.1, -0.05) is 41.9 Å². The van der Waals surface area contributed by atoms with E-state index in [1.165, 1.54) is 18.4 Å². The van der Waals surface area contributed by atoms with E-state index in [1.807, 2.05) is 31.2 Å². The number of anilines is 1. The molecule has 36 heavy (non-hydrogen) atoms. The molecule has 0 atom stereocenters. The van der Waals surface area contributed by atoms with Crippen molar-refractivity contribution in [3.8, 4) is 0 Å². The monoisotopic (exact) mass is 507 g/mol. The van der Waals surface area contributed by atoms with Crippen LogP contribution in [0.15, 0.2) is 48.8 Å². The van der Waals surface area contributed by atoms with Crippen molar-refractivity contribution in [2.24, 2.45) is 0 Å². The number of aromatic nitrogens is 2. The molecule has 1 amide bonds. The predicted molar refractivity (Wildman–Crippen MR) is 148 cm³/mol. The van der Waals surface area contributed by atoms with Crippen LogP contribution in [0, 0.1) is 6.92 Å². The molecular formula is C29H38ClN5O. The smallest absolute Gasteiger partial charge is 0.251 e. The van der Waals surface area contributed by atoms with Crippen LogP contribution in [0.3, 0.4) is 0 Å². The molecule has 0 bridgehead atoms. The third-order valence-corrected chi connectivity index (χ3v) is 7.74. The first kappa shape index (κ1) is 26.2. The van der Waals surface area contributed by atoms with Crippen LogP contribution >= 0.6 is 11.6 Å². The quantitative estimate of drug-likeness (QED) is 0.396. The zero-order valence-corrected chi connectivity index (χ0v) is 22.6. The first-order valence-electron chi connectivity index (χ1n) is 12.9. The van der Waals surface area contributed by atoms with Crippen molar-refractivity contribution < 1.29 is 4.79 Å². The summed E-state index contributed by atoms with van der Waals surface area (Å²) >= 11 is 6.56. The summed E-state index contributed by atoms with van der Waals surface area (Å²) in [6.07, 6.45) is 7.08. The molecule has 2 aromatic carbocycles. The van der Waals surface area contributed by atoms with E-state index >= 15 is 0 Å². The molecule has 1 aliphatic carbocycles. The minimum Gasteiger partial charge on any atom is -0.369 e. The van der Waals surface area contributed by atoms with Crippen molar-refractivity contribution in [1.82, 2.24) is 20.2 Å². The van der Waals surface area contributed by atoms with Gasteiger partial charge in [0.2, 0.25) is 0 Å². The van der Waals surface area contributed by atoms with Gasteiger partial charge in [0.1, 0.15) is 0 Å². The number of hydrogen-bond acceptors (Lipinski definition) is 4. The van der Waals surface area contributed by atoms with E-state index < -0.39 is 0 Å². The Morgan fingerprint density at radius 2 is 1.81 bits per heavy atom. The largest absolute Gasteiger partial charge is 0.369 e. The maximum atomic E-state index is 13.3. The van der Waals surface area contributed by atoms with E-state index in [2.05, 4.69) is 58.2 Å². The Morgan fingerprint density at radius 3 is 2.47 bits per heavy atom. The highest BCUT2D eigenvalue weighted by Gasteiger charge is 2.28. The maximum absolute atomic E-state index is 13.3. The molecule has 6 nitrogen and oxygen atoms in total. The first-order valence-corrected chi connectivity index (χ1v) is 13.3. The molecule has 7 heteroatoms. The molecule has 0 unspecified atom stereocenters. The second kappa shape index (κ2) is 11.9. The average molecular weight is 508 g/mol. The standard InChI is InChI=1S/C29H38ClN5O/c1-5-35(24-13-11-23(12-14-24)34(3)4)28-17-22(30)16-25(20(28)2)29(36)31-18-27-26(32-19-33-27)15-21-9-7-6-8-10-21/h6-10,16-17,19,23-24H,5,11-15,18H2,1-4H3,(H,31,36)(H,32,33)/t23-,24-. The zero-order valence-electron chi connectivity index (χ0n) is 21.9. The van der Waals surface area contributed by atoms with Gasteiger partial charge in [-0.3, -0.25) is 4.79 Å². The number of nitrogens with zero attached hydrogens (tertiary/aromatic N) is 3. The number of benzene rings is 2. The third-order valence-electron chi connectivity index (χ3n) is 7.52. The second-order valence-corrected chi connectivity index (χ2v) is 10.4. The highest BCUT2D eigenvalue weighted by molar-refractivity contribution is 6.31. The van der Waals surface area contributed by atoms with Crippen molar-refractivity contribution in [2.75, 3.05) is 25.5 Å². The van der Waals surface area contributed by atoms with Crippen molar-refractivity contribution in [3.63, 3.8) is 0 Å². The number of amides is 1. The molecule has 0 aliphatic heterocycles. The number of halogens is 1. The van der Waals surface area contributed by atoms with Crippen LogP contribution in [0.5, 0.6) is 0 Å². The summed E-state index contributed by atoms with van der Waals surface area (Å²) in [7, 11) is 4.34. The fraction of sp³-hybridized carbons (Fsp3) is 0.448. The topological polar surface area (TPSA) is 64.3 Å². The number of hydrogen-bond donors (Lipinski definition) is 2. The third kappa shape index (κ3) is 6.11. The summed E-state index contributed by atoms with van der Waals surface area (Å²) in [4.78, 5) is 25.8. The molecule has 4 rings (SSSR count). The lowest BCUT2D eigenvalue weighted by molar-refractivity contribution is 0.0950. The predicted octanol–water partition coefficient (Wildman–Crippen LogP) is 5.59. The van der Waals surface area contributed by atoms with Gasteiger partial charge in [0.15, 0.2) is 0 Å². The van der Waals surface area contributed by atoms with Crippen LogP contribution in [0.1, 0.15) is 65.5 Å². The first-order chi connectivity index (χ1) is 17.4. The summed E-state index contributed by atoms with van der Waals surface area (Å²) in [6.45, 7) is 5.49. The van der Waals surface area contributed by atoms with E-state index in [0.717, 1.165) is 48.4 Å². The van der Waals surface area contributed by atoms with E-state index in [1.54, 1.807) is 12.4 Å². The van der Waals surface area contributed by atoms with Gasteiger partial charge in [0.05, 0.1) is 24.3 Å². The Bertz CT molecular complexity index is 1150. The van der Waals surface area contributed by atoms with Crippen molar-refractivity contribution in [3.05, 3.63) is 81.9 Å². The van der Waals surface area contributed by atoms with Gasteiger partial charge in [-0.2, -0.15) is 0 Å². The molecule has 0 spiro atoms. The van der Waals surface area contributed by atoms with Crippen molar-refractivity contribution in [1.29, 1.82) is 0 Å². The second-order valence-electron chi connectivity index (χ2n) is 9.98. The summed E-state index contributed by atoms with van der Waals surface area (Å²) in [6, 6.07) is 15.1. The molecule has 2 N–H and O–H groups in total. The van der Waals surface area contributed by atoms with E-state index in [0.29, 0.717) is 29.2 Å². The van der Waals surface area contributed by atoms with E-state index in [4.69, 9.17) is 11.6 Å². The van der Waals surface area contributed by atoms with Gasteiger partial charge >= 0.3 is 0 Å². The number of rotatable bonds is 9. The number of carbonyl (C=O) groups excluding carboxylic acids is 1. The Balaban J connectivity index is 1.47. The van der Waals surface area contributed by atoms with Gasteiger partial charge in [0, 0.05) is 41.3 Å². The molecule has 1 aliphatic rings. The summed E-state index contributed by atoms with van der Waals surface area (Å²) in [5, 5.41) is 3.67. The molecule has 3 aromatic rings. The van der Waals surface area contributed by atoms with Crippen LogP contribution in [0.2, 0.25) is 5.02 Å². The maximum Gasteiger partial charge on any atom is 0.251 e. The number of aromatic amines is 1. The normalized spacial score (nSPS) is 17.8. The van der Waals surface area contributed by atoms with Crippen molar-refractivity contribution in [2.45, 2.75) is 64.6 Å². The Kier molecular flexibility index (Phi) is 8.70. The van der Waals surface area contributed by atoms with Gasteiger partial charge < -0.3 is 20.1 Å². The van der Waals surface area contributed by atoms with Crippen LogP contribution in [-0.2, 0) is 13.0 Å². The zero-order chi connectivity index (χ0) is 25.7. The number of imidazole rings is 1. The highest BCUT2D eigenvalue weighted by Crippen LogP contribution is 2.34. The SMILES string of the molecule is CCN(c1cc(Cl)cc(C(=O)NCc2[nH]cnc2Cc2ccccc2)c1C)[C@H]1CC[C@H](N(C)C)CC1. The minimum absolute atomic E-state index is 0.121. The lowest BCUT2D eigenvalue weighted by Gasteiger charge is -2.40. The minimum atomic E-state index is -0.121. The van der Waals surface area contributed by atoms with Gasteiger partial charge in [0.25, 0.3) is 5.91 Å². The molecule has 1 fully saturated rings. The average Bonchev–Trinajstić information content (AvgIpc) is 3.32. The molecule has 0 saturated heterocycles. The van der Waals surface area contributed by atoms with Gasteiger partial charge in [-0.25, -0.2) is 4.98 Å². The number of carbonyl (C=O) groups is 1. The summed E-state index contributed by atoms with van der Waals surface area (Å²) in [5.41, 5.74) is 5.71. The van der Waals surface area contributed by atoms with Gasteiger partial charge in [-0.15, -0.1) is 0 Å². The molecule has 1 saturated carbocycles. The molecule has 0 radical (unpaired) electrons. The fourth-order valence-corrected chi connectivity index (χ4v) is 5.63. The van der Waals surface area contributed by atoms with Crippen LogP contribution < -0.4 is 10.2 Å². The lowest BCUT2D eigenvalue weighted by Crippen LogP contribution is -2.42. The Hall–Kier alpha value is -2.83. The highest BCUT2D eigenvalue weighted by atomic mass is 35.5. The van der Waals surface area contributed by atoms with Crippen LogP contribution in [-0.4, -0.2) is 53.5 Å². The molecule has 1 aromatic heterocycles. The fourth-order valence-electron chi connectivity index (χ4n) is 5.42. The lowest BCUT2D eigenvalue weighted by atomic mass is 9.89. The van der Waals surface area contributed by atoms with E-state index in [9.17, 15) is 4.79 Å². The molecule has 192 valence electrons. The van der Waals surface area contributed by atoms with Crippen LogP contribution in [0.25, 0.3) is 0 Å². The van der Waals surface area contributed by atoms with Crippen molar-refractivity contribution >= 4 is 23.2 Å². The Morgan fingerprint density at radius 1 is 1.11 bits per heavy atom.